The molecule has 0 saturated carbocycles. The monoisotopic (exact) mass is 452 g/mol. The van der Waals surface area contributed by atoms with Crippen molar-refractivity contribution >= 4 is 0 Å². The zero-order chi connectivity index (χ0) is 23.8. The van der Waals surface area contributed by atoms with E-state index in [9.17, 15) is 14.7 Å². The van der Waals surface area contributed by atoms with Crippen molar-refractivity contribution in [2.24, 2.45) is 0 Å². The first kappa shape index (κ1) is 21.3. The molecule has 2 heterocycles. The summed E-state index contributed by atoms with van der Waals surface area (Å²) in [6, 6.07) is 22.2. The Morgan fingerprint density at radius 3 is 1.56 bits per heavy atom. The summed E-state index contributed by atoms with van der Waals surface area (Å²) in [4.78, 5) is 26.4. The van der Waals surface area contributed by atoms with Crippen LogP contribution in [0.5, 0.6) is 5.75 Å². The first-order chi connectivity index (χ1) is 16.4. The van der Waals surface area contributed by atoms with Crippen LogP contribution in [0.4, 0.5) is 0 Å². The van der Waals surface area contributed by atoms with Gasteiger partial charge in [0.05, 0.1) is 22.5 Å². The molecule has 7 nitrogen and oxygen atoms in total. The minimum Gasteiger partial charge on any atom is -0.508 e. The normalized spacial score (nSPS) is 11.3. The molecule has 0 radical (unpaired) electrons. The van der Waals surface area contributed by atoms with E-state index in [1.54, 1.807) is 24.3 Å². The summed E-state index contributed by atoms with van der Waals surface area (Å²) in [5, 5.41) is 21.6. The number of nitrogens with one attached hydrogen (secondary N) is 4. The maximum absolute atomic E-state index is 13.2. The number of hydrogen-bond acceptors (Lipinski definition) is 3. The average molecular weight is 453 g/mol. The van der Waals surface area contributed by atoms with E-state index in [1.807, 2.05) is 62.4 Å². The van der Waals surface area contributed by atoms with Gasteiger partial charge in [0.1, 0.15) is 5.75 Å². The lowest BCUT2D eigenvalue weighted by molar-refractivity contribution is 0.474. The van der Waals surface area contributed by atoms with E-state index in [0.717, 1.165) is 22.3 Å². The van der Waals surface area contributed by atoms with E-state index in [4.69, 9.17) is 0 Å². The number of aromatic amines is 4. The van der Waals surface area contributed by atoms with Crippen LogP contribution in [0.3, 0.4) is 0 Å². The molecule has 0 saturated heterocycles. The van der Waals surface area contributed by atoms with Gasteiger partial charge < -0.3 is 5.11 Å². The summed E-state index contributed by atoms with van der Waals surface area (Å²) >= 11 is 0. The van der Waals surface area contributed by atoms with E-state index in [0.29, 0.717) is 28.1 Å². The first-order valence-electron chi connectivity index (χ1n) is 11.0. The van der Waals surface area contributed by atoms with Gasteiger partial charge in [0.25, 0.3) is 11.1 Å². The van der Waals surface area contributed by atoms with Crippen molar-refractivity contribution in [1.29, 1.82) is 0 Å². The molecular weight excluding hydrogens is 428 g/mol. The molecule has 0 bridgehead atoms. The molecular formula is C27H24N4O3. The minimum absolute atomic E-state index is 0.0511. The molecule has 0 amide bonds. The van der Waals surface area contributed by atoms with Gasteiger partial charge in [0.15, 0.2) is 0 Å². The molecule has 5 aromatic rings. The Labute approximate surface area is 195 Å². The second kappa shape index (κ2) is 8.44. The number of aromatic hydroxyl groups is 1. The van der Waals surface area contributed by atoms with Crippen LogP contribution in [0.25, 0.3) is 22.5 Å². The standard InChI is InChI=1S/C27H24N4O3/c1-15-6-10-17(11-7-15)24-22(26(33)30-28-24)21(19-4-3-5-20(32)14-19)23-25(29-31-27(23)34)18-12-8-16(2)9-13-18/h3-14,21,32H,1-2H3,(H2,28,30,33)(H2,29,31,34). The summed E-state index contributed by atoms with van der Waals surface area (Å²) in [7, 11) is 0. The molecule has 5 N–H and O–H groups in total. The minimum atomic E-state index is -0.746. The van der Waals surface area contributed by atoms with Crippen LogP contribution in [0.2, 0.25) is 0 Å². The van der Waals surface area contributed by atoms with Gasteiger partial charge in [-0.25, -0.2) is 0 Å². The van der Waals surface area contributed by atoms with Crippen molar-refractivity contribution < 1.29 is 5.11 Å². The van der Waals surface area contributed by atoms with Crippen molar-refractivity contribution in [3.63, 3.8) is 0 Å². The van der Waals surface area contributed by atoms with Crippen LogP contribution in [-0.2, 0) is 0 Å². The number of rotatable bonds is 5. The highest BCUT2D eigenvalue weighted by Crippen LogP contribution is 2.38. The smallest absolute Gasteiger partial charge is 0.268 e. The Bertz CT molecular complexity index is 1470. The second-order valence-corrected chi connectivity index (χ2v) is 8.50. The molecule has 0 unspecified atom stereocenters. The fourth-order valence-corrected chi connectivity index (χ4v) is 4.36. The largest absolute Gasteiger partial charge is 0.508 e. The van der Waals surface area contributed by atoms with Crippen LogP contribution in [0, 0.1) is 13.8 Å². The molecule has 34 heavy (non-hydrogen) atoms. The summed E-state index contributed by atoms with van der Waals surface area (Å²) in [6.07, 6.45) is 0. The summed E-state index contributed by atoms with van der Waals surface area (Å²) in [5.41, 5.74) is 5.74. The Morgan fingerprint density at radius 1 is 0.647 bits per heavy atom. The van der Waals surface area contributed by atoms with Gasteiger partial charge in [0.2, 0.25) is 0 Å². The van der Waals surface area contributed by atoms with E-state index in [2.05, 4.69) is 20.4 Å². The Balaban J connectivity index is 1.80. The highest BCUT2D eigenvalue weighted by atomic mass is 16.3. The van der Waals surface area contributed by atoms with Gasteiger partial charge in [-0.2, -0.15) is 0 Å². The van der Waals surface area contributed by atoms with Crippen molar-refractivity contribution in [2.75, 3.05) is 0 Å². The van der Waals surface area contributed by atoms with Crippen LogP contribution in [0.15, 0.2) is 82.4 Å². The quantitative estimate of drug-likeness (QED) is 0.269. The molecule has 0 fully saturated rings. The van der Waals surface area contributed by atoms with Gasteiger partial charge in [-0.05, 0) is 42.7 Å². The van der Waals surface area contributed by atoms with Gasteiger partial charge in [-0.15, -0.1) is 0 Å². The molecule has 5 rings (SSSR count). The van der Waals surface area contributed by atoms with E-state index in [1.165, 1.54) is 0 Å². The maximum atomic E-state index is 13.2. The maximum Gasteiger partial charge on any atom is 0.268 e. The molecule has 0 atom stereocenters. The Morgan fingerprint density at radius 2 is 1.12 bits per heavy atom. The molecule has 0 spiro atoms. The zero-order valence-electron chi connectivity index (χ0n) is 18.8. The first-order valence-corrected chi connectivity index (χ1v) is 11.0. The second-order valence-electron chi connectivity index (χ2n) is 8.50. The number of aryl methyl sites for hydroxylation is 2. The third kappa shape index (κ3) is 3.77. The molecule has 0 aliphatic heterocycles. The summed E-state index contributed by atoms with van der Waals surface area (Å²) in [5.74, 6) is -0.695. The van der Waals surface area contributed by atoms with Gasteiger partial charge in [0, 0.05) is 5.92 Å². The molecule has 3 aromatic carbocycles. The highest BCUT2D eigenvalue weighted by Gasteiger charge is 2.31. The number of hydrogen-bond donors (Lipinski definition) is 5. The van der Waals surface area contributed by atoms with E-state index < -0.39 is 5.92 Å². The predicted molar refractivity (Wildman–Crippen MR) is 132 cm³/mol. The summed E-state index contributed by atoms with van der Waals surface area (Å²) < 4.78 is 0. The molecule has 2 aromatic heterocycles. The van der Waals surface area contributed by atoms with Crippen molar-refractivity contribution in [1.82, 2.24) is 20.4 Å². The molecule has 170 valence electrons. The zero-order valence-corrected chi connectivity index (χ0v) is 18.8. The van der Waals surface area contributed by atoms with E-state index >= 15 is 0 Å². The highest BCUT2D eigenvalue weighted by molar-refractivity contribution is 5.71. The van der Waals surface area contributed by atoms with Crippen LogP contribution < -0.4 is 11.1 Å². The number of benzene rings is 3. The van der Waals surface area contributed by atoms with Crippen LogP contribution >= 0.6 is 0 Å². The lowest BCUT2D eigenvalue weighted by Crippen LogP contribution is -2.20. The van der Waals surface area contributed by atoms with Crippen LogP contribution in [0.1, 0.15) is 33.7 Å². The lowest BCUT2D eigenvalue weighted by Gasteiger charge is -2.18. The Hall–Kier alpha value is -4.52. The fraction of sp³-hybridized carbons (Fsp3) is 0.111. The SMILES string of the molecule is Cc1ccc(-c2[nH][nH]c(=O)c2C(c2cccc(O)c2)c2c(-c3ccc(C)cc3)[nH][nH]c2=O)cc1. The molecule has 0 aliphatic carbocycles. The summed E-state index contributed by atoms with van der Waals surface area (Å²) in [6.45, 7) is 3.99. The average Bonchev–Trinajstić information content (AvgIpc) is 3.39. The Kier molecular flexibility index (Phi) is 5.30. The van der Waals surface area contributed by atoms with Crippen molar-refractivity contribution in [3.05, 3.63) is 121 Å². The lowest BCUT2D eigenvalue weighted by atomic mass is 9.83. The predicted octanol–water partition coefficient (Wildman–Crippen LogP) is 4.56. The van der Waals surface area contributed by atoms with Gasteiger partial charge >= 0.3 is 0 Å². The number of phenols is 1. The van der Waals surface area contributed by atoms with E-state index in [-0.39, 0.29) is 16.9 Å². The third-order valence-electron chi connectivity index (χ3n) is 6.09. The van der Waals surface area contributed by atoms with Gasteiger partial charge in [-0.3, -0.25) is 30.0 Å². The van der Waals surface area contributed by atoms with Crippen molar-refractivity contribution in [2.45, 2.75) is 19.8 Å². The van der Waals surface area contributed by atoms with Crippen molar-refractivity contribution in [3.8, 4) is 28.3 Å². The number of aromatic nitrogens is 4. The van der Waals surface area contributed by atoms with Gasteiger partial charge in [-0.1, -0.05) is 71.8 Å². The number of phenolic OH excluding ortho intramolecular Hbond substituents is 1. The topological polar surface area (TPSA) is 118 Å². The number of H-pyrrole nitrogens is 4. The third-order valence-corrected chi connectivity index (χ3v) is 6.09. The molecule has 7 heteroatoms. The fourth-order valence-electron chi connectivity index (χ4n) is 4.36. The van der Waals surface area contributed by atoms with Crippen LogP contribution in [-0.4, -0.2) is 25.5 Å². The molecule has 0 aliphatic rings.